The van der Waals surface area contributed by atoms with Gasteiger partial charge in [-0.15, -0.1) is 0 Å². The summed E-state index contributed by atoms with van der Waals surface area (Å²) in [4.78, 5) is 11.9. The maximum absolute atomic E-state index is 11.9. The maximum Gasteiger partial charge on any atom is 0.306 e. The second kappa shape index (κ2) is 8.30. The molecule has 1 aliphatic rings. The van der Waals surface area contributed by atoms with E-state index in [0.717, 1.165) is 32.1 Å². The fraction of sp³-hybridized carbons (Fsp3) is 0.833. The molecule has 0 radical (unpaired) electrons. The molecule has 0 aromatic heterocycles. The molecule has 0 bridgehead atoms. The van der Waals surface area contributed by atoms with Crippen LogP contribution in [0.5, 0.6) is 0 Å². The average Bonchev–Trinajstić information content (AvgIpc) is 2.36. The summed E-state index contributed by atoms with van der Waals surface area (Å²) < 4.78 is 12.2. The molecule has 2 atom stereocenters. The van der Waals surface area contributed by atoms with E-state index >= 15 is 0 Å². The van der Waals surface area contributed by atoms with Crippen LogP contribution in [0.15, 0.2) is 12.2 Å². The molecule has 0 unspecified atom stereocenters. The van der Waals surface area contributed by atoms with Gasteiger partial charge >= 0.3 is 5.97 Å². The van der Waals surface area contributed by atoms with Crippen molar-refractivity contribution < 1.29 is 14.0 Å². The van der Waals surface area contributed by atoms with Crippen LogP contribution in [0.1, 0.15) is 66.2 Å². The first-order chi connectivity index (χ1) is 10.2. The number of rotatable bonds is 4. The summed E-state index contributed by atoms with van der Waals surface area (Å²) >= 11 is 0. The van der Waals surface area contributed by atoms with Gasteiger partial charge in [-0.2, -0.15) is 0 Å². The number of hydrogen-bond acceptors (Lipinski definition) is 3. The lowest BCUT2D eigenvalue weighted by Gasteiger charge is -2.39. The van der Waals surface area contributed by atoms with Crippen molar-refractivity contribution in [1.29, 1.82) is 0 Å². The third-order valence-corrected chi connectivity index (χ3v) is 9.26. The molecule has 0 N–H and O–H groups in total. The number of ether oxygens (including phenoxy) is 1. The summed E-state index contributed by atoms with van der Waals surface area (Å²) in [6.07, 6.45) is 9.44. The van der Waals surface area contributed by atoms with Crippen LogP contribution in [-0.2, 0) is 14.0 Å². The minimum atomic E-state index is -1.82. The molecule has 0 fully saturated rings. The molecule has 22 heavy (non-hydrogen) atoms. The van der Waals surface area contributed by atoms with Gasteiger partial charge in [0.05, 0.1) is 6.10 Å². The number of carbonyl (C=O) groups is 1. The lowest BCUT2D eigenvalue weighted by Crippen LogP contribution is -2.44. The molecule has 0 saturated heterocycles. The highest BCUT2D eigenvalue weighted by Gasteiger charge is 2.39. The largest absolute Gasteiger partial charge is 0.462 e. The minimum absolute atomic E-state index is 0.0185. The van der Waals surface area contributed by atoms with Crippen LogP contribution in [0.3, 0.4) is 0 Å². The first kappa shape index (κ1) is 19.4. The summed E-state index contributed by atoms with van der Waals surface area (Å²) in [5, 5.41) is 0.188. The van der Waals surface area contributed by atoms with E-state index in [4.69, 9.17) is 9.16 Å². The third kappa shape index (κ3) is 6.25. The van der Waals surface area contributed by atoms with E-state index in [2.05, 4.69) is 52.9 Å². The van der Waals surface area contributed by atoms with Crippen LogP contribution in [0.2, 0.25) is 18.1 Å². The molecule has 128 valence electrons. The second-order valence-electron chi connectivity index (χ2n) is 7.87. The molecular formula is C18H34O3Si. The first-order valence-electron chi connectivity index (χ1n) is 8.69. The molecule has 0 spiro atoms. The van der Waals surface area contributed by atoms with Gasteiger partial charge in [-0.25, -0.2) is 0 Å². The molecule has 1 aliphatic heterocycles. The van der Waals surface area contributed by atoms with Crippen molar-refractivity contribution in [3.05, 3.63) is 12.2 Å². The van der Waals surface area contributed by atoms with Crippen molar-refractivity contribution in [3.8, 4) is 0 Å². The molecule has 3 nitrogen and oxygen atoms in total. The molecule has 1 heterocycles. The number of hydrogen-bond donors (Lipinski definition) is 0. The number of esters is 1. The summed E-state index contributed by atoms with van der Waals surface area (Å²) in [5.41, 5.74) is 0. The third-order valence-electron chi connectivity index (χ3n) is 4.76. The van der Waals surface area contributed by atoms with E-state index in [-0.39, 0.29) is 23.2 Å². The SMILES string of the molecule is CCC[C@@H]1C[C@@H](O[Si](C)(C)C(C)(C)C)/C=C/CCCC(=O)O1. The summed E-state index contributed by atoms with van der Waals surface area (Å²) in [6.45, 7) is 13.5. The fourth-order valence-corrected chi connectivity index (χ4v) is 3.67. The van der Waals surface area contributed by atoms with Gasteiger partial charge in [-0.3, -0.25) is 4.79 Å². The monoisotopic (exact) mass is 326 g/mol. The van der Waals surface area contributed by atoms with Crippen molar-refractivity contribution >= 4 is 14.3 Å². The quantitative estimate of drug-likeness (QED) is 0.404. The highest BCUT2D eigenvalue weighted by Crippen LogP contribution is 2.38. The van der Waals surface area contributed by atoms with E-state index in [9.17, 15) is 4.79 Å². The minimum Gasteiger partial charge on any atom is -0.462 e. The highest BCUT2D eigenvalue weighted by molar-refractivity contribution is 6.74. The van der Waals surface area contributed by atoms with Gasteiger partial charge in [0.15, 0.2) is 8.32 Å². The fourth-order valence-electron chi connectivity index (χ4n) is 2.38. The topological polar surface area (TPSA) is 35.5 Å². The highest BCUT2D eigenvalue weighted by atomic mass is 28.4. The Morgan fingerprint density at radius 2 is 2.05 bits per heavy atom. The first-order valence-corrected chi connectivity index (χ1v) is 11.6. The van der Waals surface area contributed by atoms with Gasteiger partial charge in [-0.05, 0) is 37.4 Å². The van der Waals surface area contributed by atoms with Gasteiger partial charge in [0, 0.05) is 12.8 Å². The van der Waals surface area contributed by atoms with E-state index in [1.807, 2.05) is 0 Å². The predicted octanol–water partition coefficient (Wildman–Crippen LogP) is 5.22. The van der Waals surface area contributed by atoms with Gasteiger partial charge in [0.1, 0.15) is 6.10 Å². The Hall–Kier alpha value is -0.613. The molecule has 0 amide bonds. The zero-order valence-corrected chi connectivity index (χ0v) is 16.3. The van der Waals surface area contributed by atoms with Crippen molar-refractivity contribution in [1.82, 2.24) is 0 Å². The van der Waals surface area contributed by atoms with Crippen molar-refractivity contribution in [3.63, 3.8) is 0 Å². The van der Waals surface area contributed by atoms with Crippen molar-refractivity contribution in [2.45, 2.75) is 96.6 Å². The zero-order valence-electron chi connectivity index (χ0n) is 15.3. The average molecular weight is 327 g/mol. The normalized spacial score (nSPS) is 26.4. The Kier molecular flexibility index (Phi) is 7.33. The Morgan fingerprint density at radius 3 is 2.64 bits per heavy atom. The van der Waals surface area contributed by atoms with Gasteiger partial charge in [0.25, 0.3) is 0 Å². The lowest BCUT2D eigenvalue weighted by molar-refractivity contribution is -0.150. The zero-order chi connectivity index (χ0) is 16.8. The Balaban J connectivity index is 2.85. The molecule has 1 rings (SSSR count). The summed E-state index contributed by atoms with van der Waals surface area (Å²) in [7, 11) is -1.82. The van der Waals surface area contributed by atoms with Crippen molar-refractivity contribution in [2.24, 2.45) is 0 Å². The molecule has 4 heteroatoms. The molecule has 0 aromatic rings. The Labute approximate surface area is 137 Å². The van der Waals surface area contributed by atoms with E-state index in [1.165, 1.54) is 0 Å². The molecule has 0 aromatic carbocycles. The molecule has 0 aliphatic carbocycles. The van der Waals surface area contributed by atoms with Crippen LogP contribution >= 0.6 is 0 Å². The van der Waals surface area contributed by atoms with E-state index in [1.54, 1.807) is 0 Å². The predicted molar refractivity (Wildman–Crippen MR) is 94.5 cm³/mol. The Morgan fingerprint density at radius 1 is 1.36 bits per heavy atom. The molecular weight excluding hydrogens is 292 g/mol. The summed E-state index contributed by atoms with van der Waals surface area (Å²) in [6, 6.07) is 0. The van der Waals surface area contributed by atoms with Crippen LogP contribution in [0.25, 0.3) is 0 Å². The summed E-state index contributed by atoms with van der Waals surface area (Å²) in [5.74, 6) is -0.0557. The maximum atomic E-state index is 11.9. The number of cyclic esters (lactones) is 1. The van der Waals surface area contributed by atoms with Crippen LogP contribution in [0, 0.1) is 0 Å². The van der Waals surface area contributed by atoms with Crippen LogP contribution in [0.4, 0.5) is 0 Å². The van der Waals surface area contributed by atoms with Gasteiger partial charge in [0.2, 0.25) is 0 Å². The number of carbonyl (C=O) groups excluding carboxylic acids is 1. The number of allylic oxidation sites excluding steroid dienone is 1. The smallest absolute Gasteiger partial charge is 0.306 e. The van der Waals surface area contributed by atoms with E-state index < -0.39 is 8.32 Å². The molecule has 0 saturated carbocycles. The Bertz CT molecular complexity index is 382. The second-order valence-corrected chi connectivity index (χ2v) is 12.6. The standard InChI is InChI=1S/C18H34O3Si/c1-7-11-15-14-16(21-22(5,6)18(2,3)4)12-9-8-10-13-17(19)20-15/h9,12,15-16H,7-8,10-11,13-14H2,1-6H3/b12-9+/t15-,16+/m1/s1. The van der Waals surface area contributed by atoms with Crippen LogP contribution in [-0.4, -0.2) is 26.5 Å². The van der Waals surface area contributed by atoms with Gasteiger partial charge in [-0.1, -0.05) is 46.3 Å². The van der Waals surface area contributed by atoms with Crippen molar-refractivity contribution in [2.75, 3.05) is 0 Å². The van der Waals surface area contributed by atoms with Crippen LogP contribution < -0.4 is 0 Å². The van der Waals surface area contributed by atoms with Gasteiger partial charge < -0.3 is 9.16 Å². The lowest BCUT2D eigenvalue weighted by atomic mass is 10.1. The van der Waals surface area contributed by atoms with E-state index in [0.29, 0.717) is 6.42 Å².